The average molecular weight is 468 g/mol. The lowest BCUT2D eigenvalue weighted by Gasteiger charge is -2.34. The zero-order chi connectivity index (χ0) is 23.5. The molecule has 7 heteroatoms. The quantitative estimate of drug-likeness (QED) is 0.503. The second kappa shape index (κ2) is 9.89. The molecule has 0 radical (unpaired) electrons. The van der Waals surface area contributed by atoms with Gasteiger partial charge in [0, 0.05) is 53.8 Å². The molecule has 1 saturated heterocycles. The molecule has 0 unspecified atom stereocenters. The Bertz CT molecular complexity index is 1150. The maximum Gasteiger partial charge on any atom is 0.227 e. The first kappa shape index (κ1) is 23.2. The number of ketones is 1. The first-order chi connectivity index (χ1) is 15.8. The Kier molecular flexibility index (Phi) is 6.96. The summed E-state index contributed by atoms with van der Waals surface area (Å²) in [7, 11) is 0. The SMILES string of the molecule is Cc1cc(C(=O)CN2CCN(C(=O)Cc3ccc(Cl)cc3)CC2)c(C)n1-c1ccc(F)cc1. The Balaban J connectivity index is 1.35. The molecule has 0 N–H and O–H groups in total. The van der Waals surface area contributed by atoms with Crippen LogP contribution in [0.4, 0.5) is 4.39 Å². The van der Waals surface area contributed by atoms with E-state index in [9.17, 15) is 14.0 Å². The number of Topliss-reactive ketones (excluding diaryl/α,β-unsaturated/α-hetero) is 1. The van der Waals surface area contributed by atoms with Crippen molar-refractivity contribution in [1.29, 1.82) is 0 Å². The Morgan fingerprint density at radius 1 is 0.939 bits per heavy atom. The Morgan fingerprint density at radius 2 is 1.58 bits per heavy atom. The molecule has 5 nitrogen and oxygen atoms in total. The molecule has 1 amide bonds. The predicted octanol–water partition coefficient (Wildman–Crippen LogP) is 4.46. The number of carbonyl (C=O) groups is 2. The molecular weight excluding hydrogens is 441 g/mol. The van der Waals surface area contributed by atoms with Gasteiger partial charge in [0.25, 0.3) is 0 Å². The van der Waals surface area contributed by atoms with Crippen molar-refractivity contribution in [3.05, 3.63) is 88.0 Å². The fourth-order valence-corrected chi connectivity index (χ4v) is 4.49. The summed E-state index contributed by atoms with van der Waals surface area (Å²) >= 11 is 5.91. The summed E-state index contributed by atoms with van der Waals surface area (Å²) in [5, 5.41) is 0.655. The molecule has 2 aromatic carbocycles. The fraction of sp³-hybridized carbons (Fsp3) is 0.308. The van der Waals surface area contributed by atoms with E-state index >= 15 is 0 Å². The largest absolute Gasteiger partial charge is 0.340 e. The number of nitrogens with zero attached hydrogens (tertiary/aromatic N) is 3. The minimum Gasteiger partial charge on any atom is -0.340 e. The van der Waals surface area contributed by atoms with E-state index in [-0.39, 0.29) is 17.5 Å². The molecule has 1 aliphatic heterocycles. The standard InChI is InChI=1S/C26H27ClFN3O2/c1-18-15-24(19(2)31(18)23-9-7-22(28)8-10-23)25(32)17-29-11-13-30(14-12-29)26(33)16-20-3-5-21(27)6-4-20/h3-10,15H,11-14,16-17H2,1-2H3. The van der Waals surface area contributed by atoms with Crippen molar-refractivity contribution in [3.63, 3.8) is 0 Å². The Labute approximate surface area is 198 Å². The molecule has 172 valence electrons. The van der Waals surface area contributed by atoms with Crippen LogP contribution in [0.3, 0.4) is 0 Å². The number of halogens is 2. The molecule has 2 heterocycles. The van der Waals surface area contributed by atoms with Crippen LogP contribution in [0.1, 0.15) is 27.3 Å². The van der Waals surface area contributed by atoms with Gasteiger partial charge in [-0.3, -0.25) is 14.5 Å². The van der Waals surface area contributed by atoms with Gasteiger partial charge < -0.3 is 9.47 Å². The molecule has 33 heavy (non-hydrogen) atoms. The second-order valence-corrected chi connectivity index (χ2v) is 8.92. The third-order valence-corrected chi connectivity index (χ3v) is 6.43. The molecule has 1 fully saturated rings. The van der Waals surface area contributed by atoms with Crippen molar-refractivity contribution >= 4 is 23.3 Å². The zero-order valence-electron chi connectivity index (χ0n) is 18.9. The number of carbonyl (C=O) groups excluding carboxylic acids is 2. The van der Waals surface area contributed by atoms with Crippen molar-refractivity contribution in [2.24, 2.45) is 0 Å². The highest BCUT2D eigenvalue weighted by Crippen LogP contribution is 2.22. The van der Waals surface area contributed by atoms with Crippen molar-refractivity contribution in [2.45, 2.75) is 20.3 Å². The normalized spacial score (nSPS) is 14.5. The Morgan fingerprint density at radius 3 is 2.21 bits per heavy atom. The van der Waals surface area contributed by atoms with Gasteiger partial charge in [0.2, 0.25) is 5.91 Å². The van der Waals surface area contributed by atoms with Crippen LogP contribution in [0, 0.1) is 19.7 Å². The van der Waals surface area contributed by atoms with Gasteiger partial charge in [-0.1, -0.05) is 23.7 Å². The number of hydrogen-bond acceptors (Lipinski definition) is 3. The summed E-state index contributed by atoms with van der Waals surface area (Å²) in [5.74, 6) is -0.146. The fourth-order valence-electron chi connectivity index (χ4n) is 4.36. The maximum absolute atomic E-state index is 13.3. The summed E-state index contributed by atoms with van der Waals surface area (Å²) in [6, 6.07) is 15.5. The minimum absolute atomic E-state index is 0.0532. The topological polar surface area (TPSA) is 45.6 Å². The van der Waals surface area contributed by atoms with E-state index in [0.29, 0.717) is 49.7 Å². The molecule has 1 aliphatic rings. The van der Waals surface area contributed by atoms with Gasteiger partial charge in [0.1, 0.15) is 5.82 Å². The van der Waals surface area contributed by atoms with Crippen molar-refractivity contribution in [1.82, 2.24) is 14.4 Å². The Hall–Kier alpha value is -2.96. The first-order valence-electron chi connectivity index (χ1n) is 11.0. The van der Waals surface area contributed by atoms with Crippen molar-refractivity contribution in [2.75, 3.05) is 32.7 Å². The molecular formula is C26H27ClFN3O2. The van der Waals surface area contributed by atoms with Gasteiger partial charge >= 0.3 is 0 Å². The minimum atomic E-state index is -0.289. The summed E-state index contributed by atoms with van der Waals surface area (Å²) in [5.41, 5.74) is 4.23. The van der Waals surface area contributed by atoms with Crippen LogP contribution in [0.2, 0.25) is 5.02 Å². The van der Waals surface area contributed by atoms with Gasteiger partial charge in [0.05, 0.1) is 13.0 Å². The van der Waals surface area contributed by atoms with E-state index < -0.39 is 0 Å². The number of benzene rings is 2. The van der Waals surface area contributed by atoms with E-state index in [1.54, 1.807) is 24.3 Å². The van der Waals surface area contributed by atoms with Crippen molar-refractivity contribution < 1.29 is 14.0 Å². The number of aryl methyl sites for hydroxylation is 1. The highest BCUT2D eigenvalue weighted by molar-refractivity contribution is 6.30. The van der Waals surface area contributed by atoms with E-state index in [1.807, 2.05) is 41.5 Å². The van der Waals surface area contributed by atoms with Crippen LogP contribution in [-0.2, 0) is 11.2 Å². The van der Waals surface area contributed by atoms with Crippen LogP contribution in [0.5, 0.6) is 0 Å². The number of amides is 1. The van der Waals surface area contributed by atoms with Gasteiger partial charge in [-0.05, 0) is 61.9 Å². The van der Waals surface area contributed by atoms with E-state index in [1.165, 1.54) is 12.1 Å². The first-order valence-corrected chi connectivity index (χ1v) is 11.4. The molecule has 0 aliphatic carbocycles. The zero-order valence-corrected chi connectivity index (χ0v) is 19.6. The lowest BCUT2D eigenvalue weighted by atomic mass is 10.1. The lowest BCUT2D eigenvalue weighted by molar-refractivity contribution is -0.132. The van der Waals surface area contributed by atoms with Crippen LogP contribution in [0.15, 0.2) is 54.6 Å². The summed E-state index contributed by atoms with van der Waals surface area (Å²) in [6.45, 7) is 6.70. The number of hydrogen-bond donors (Lipinski definition) is 0. The molecule has 0 saturated carbocycles. The van der Waals surface area contributed by atoms with Crippen LogP contribution in [-0.4, -0.2) is 58.8 Å². The summed E-state index contributed by atoms with van der Waals surface area (Å²) in [4.78, 5) is 29.6. The molecule has 1 aromatic heterocycles. The molecule has 0 spiro atoms. The smallest absolute Gasteiger partial charge is 0.227 e. The van der Waals surface area contributed by atoms with E-state index in [0.717, 1.165) is 22.6 Å². The van der Waals surface area contributed by atoms with E-state index in [2.05, 4.69) is 4.90 Å². The maximum atomic E-state index is 13.3. The lowest BCUT2D eigenvalue weighted by Crippen LogP contribution is -2.50. The molecule has 3 aromatic rings. The number of piperazine rings is 1. The molecule has 0 atom stereocenters. The van der Waals surface area contributed by atoms with Gasteiger partial charge in [-0.25, -0.2) is 4.39 Å². The predicted molar refractivity (Wildman–Crippen MR) is 128 cm³/mol. The van der Waals surface area contributed by atoms with E-state index in [4.69, 9.17) is 11.6 Å². The van der Waals surface area contributed by atoms with Crippen LogP contribution < -0.4 is 0 Å². The highest BCUT2D eigenvalue weighted by Gasteiger charge is 2.24. The third kappa shape index (κ3) is 5.34. The number of aromatic nitrogens is 1. The van der Waals surface area contributed by atoms with Gasteiger partial charge in [-0.15, -0.1) is 0 Å². The molecule has 0 bridgehead atoms. The molecule has 4 rings (SSSR count). The monoisotopic (exact) mass is 467 g/mol. The van der Waals surface area contributed by atoms with Gasteiger partial charge in [0.15, 0.2) is 5.78 Å². The van der Waals surface area contributed by atoms with Gasteiger partial charge in [-0.2, -0.15) is 0 Å². The average Bonchev–Trinajstić information content (AvgIpc) is 3.10. The summed E-state index contributed by atoms with van der Waals surface area (Å²) in [6.07, 6.45) is 0.353. The van der Waals surface area contributed by atoms with Crippen molar-refractivity contribution in [3.8, 4) is 5.69 Å². The summed E-state index contributed by atoms with van der Waals surface area (Å²) < 4.78 is 15.3. The number of rotatable bonds is 6. The highest BCUT2D eigenvalue weighted by atomic mass is 35.5. The van der Waals surface area contributed by atoms with Crippen LogP contribution >= 0.6 is 11.6 Å². The second-order valence-electron chi connectivity index (χ2n) is 8.48. The third-order valence-electron chi connectivity index (χ3n) is 6.18. The van der Waals surface area contributed by atoms with Crippen LogP contribution in [0.25, 0.3) is 5.69 Å².